The van der Waals surface area contributed by atoms with Gasteiger partial charge in [-0.25, -0.2) is 0 Å². The fourth-order valence-corrected chi connectivity index (χ4v) is 3.70. The van der Waals surface area contributed by atoms with Crippen LogP contribution in [0.4, 0.5) is 0 Å². The van der Waals surface area contributed by atoms with Gasteiger partial charge >= 0.3 is 0 Å². The highest BCUT2D eigenvalue weighted by Crippen LogP contribution is 2.21. The minimum atomic E-state index is 0. The van der Waals surface area contributed by atoms with E-state index in [1.165, 1.54) is 30.7 Å². The largest absolute Gasteiger partial charge is 0.356 e. The lowest BCUT2D eigenvalue weighted by Gasteiger charge is -2.26. The Labute approximate surface area is 192 Å². The summed E-state index contributed by atoms with van der Waals surface area (Å²) in [6, 6.07) is 10.6. The van der Waals surface area contributed by atoms with Crippen LogP contribution in [0.2, 0.25) is 0 Å². The number of rotatable bonds is 7. The summed E-state index contributed by atoms with van der Waals surface area (Å²) in [4.78, 5) is 4.36. The molecule has 0 saturated carbocycles. The number of aliphatic imine (C=N–C) groups is 1. The van der Waals surface area contributed by atoms with Crippen molar-refractivity contribution in [3.8, 4) is 0 Å². The van der Waals surface area contributed by atoms with Gasteiger partial charge in [-0.3, -0.25) is 4.99 Å². The first-order valence-corrected chi connectivity index (χ1v) is 10.5. The van der Waals surface area contributed by atoms with Crippen LogP contribution in [0.5, 0.6) is 0 Å². The predicted molar refractivity (Wildman–Crippen MR) is 130 cm³/mol. The van der Waals surface area contributed by atoms with Gasteiger partial charge in [-0.15, -0.1) is 34.2 Å². The number of benzene rings is 1. The zero-order chi connectivity index (χ0) is 19.8. The molecule has 0 unspecified atom stereocenters. The number of hydrogen-bond donors (Lipinski definition) is 2. The number of aryl methyl sites for hydroxylation is 2. The van der Waals surface area contributed by atoms with Crippen molar-refractivity contribution in [2.75, 3.05) is 20.1 Å². The second-order valence-electron chi connectivity index (χ2n) is 8.20. The van der Waals surface area contributed by atoms with E-state index < -0.39 is 0 Å². The molecule has 1 aliphatic heterocycles. The zero-order valence-corrected chi connectivity index (χ0v) is 20.3. The highest BCUT2D eigenvalue weighted by Gasteiger charge is 2.20. The lowest BCUT2D eigenvalue weighted by molar-refractivity contribution is 0.508. The molecule has 0 amide bonds. The van der Waals surface area contributed by atoms with Gasteiger partial charge in [0.2, 0.25) is 0 Å². The monoisotopic (exact) mass is 510 g/mol. The molecule has 2 N–H and O–H groups in total. The molecular weight excluding hydrogens is 475 g/mol. The van der Waals surface area contributed by atoms with Gasteiger partial charge in [0.1, 0.15) is 11.6 Å². The molecule has 160 valence electrons. The Kier molecular flexibility index (Phi) is 9.39. The van der Waals surface area contributed by atoms with E-state index >= 15 is 0 Å². The van der Waals surface area contributed by atoms with E-state index in [-0.39, 0.29) is 29.4 Å². The van der Waals surface area contributed by atoms with E-state index in [1.54, 1.807) is 0 Å². The SMILES string of the molecule is CN=C(NCCCc1nnc2n1CCCCC2)NCC(C)(C)c1ccccc1.I. The highest BCUT2D eigenvalue weighted by molar-refractivity contribution is 14.0. The van der Waals surface area contributed by atoms with Crippen molar-refractivity contribution in [1.82, 2.24) is 25.4 Å². The average molecular weight is 510 g/mol. The van der Waals surface area contributed by atoms with E-state index in [2.05, 4.69) is 74.6 Å². The Morgan fingerprint density at radius 1 is 1.10 bits per heavy atom. The van der Waals surface area contributed by atoms with Crippen LogP contribution < -0.4 is 10.6 Å². The number of guanidine groups is 1. The number of hydrogen-bond acceptors (Lipinski definition) is 3. The molecule has 0 saturated heterocycles. The van der Waals surface area contributed by atoms with Gasteiger partial charge in [0, 0.05) is 44.9 Å². The van der Waals surface area contributed by atoms with Gasteiger partial charge in [0.15, 0.2) is 5.96 Å². The topological polar surface area (TPSA) is 67.1 Å². The molecule has 1 aliphatic rings. The molecule has 0 spiro atoms. The zero-order valence-electron chi connectivity index (χ0n) is 17.9. The highest BCUT2D eigenvalue weighted by atomic mass is 127. The van der Waals surface area contributed by atoms with Crippen molar-refractivity contribution in [3.05, 3.63) is 47.5 Å². The summed E-state index contributed by atoms with van der Waals surface area (Å²) in [6.07, 6.45) is 6.81. The third kappa shape index (κ3) is 6.69. The summed E-state index contributed by atoms with van der Waals surface area (Å²) in [5, 5.41) is 15.7. The van der Waals surface area contributed by atoms with E-state index in [0.717, 1.165) is 50.7 Å². The van der Waals surface area contributed by atoms with Crippen LogP contribution in [0.25, 0.3) is 0 Å². The minimum absolute atomic E-state index is 0. The van der Waals surface area contributed by atoms with Crippen molar-refractivity contribution in [1.29, 1.82) is 0 Å². The van der Waals surface area contributed by atoms with Crippen LogP contribution >= 0.6 is 24.0 Å². The maximum absolute atomic E-state index is 4.42. The third-order valence-electron chi connectivity index (χ3n) is 5.53. The van der Waals surface area contributed by atoms with E-state index in [1.807, 2.05) is 7.05 Å². The molecule has 1 aromatic carbocycles. The Morgan fingerprint density at radius 3 is 2.66 bits per heavy atom. The van der Waals surface area contributed by atoms with Crippen molar-refractivity contribution < 1.29 is 0 Å². The van der Waals surface area contributed by atoms with Gasteiger partial charge in [0.25, 0.3) is 0 Å². The molecular formula is C22H35IN6. The van der Waals surface area contributed by atoms with Crippen LogP contribution in [0, 0.1) is 0 Å². The summed E-state index contributed by atoms with van der Waals surface area (Å²) < 4.78 is 2.34. The quantitative estimate of drug-likeness (QED) is 0.258. The van der Waals surface area contributed by atoms with Crippen molar-refractivity contribution in [2.24, 2.45) is 4.99 Å². The summed E-state index contributed by atoms with van der Waals surface area (Å²) >= 11 is 0. The molecule has 2 aromatic rings. The number of halogens is 1. The van der Waals surface area contributed by atoms with Crippen LogP contribution in [-0.4, -0.2) is 40.9 Å². The fourth-order valence-electron chi connectivity index (χ4n) is 3.70. The number of nitrogens with zero attached hydrogens (tertiary/aromatic N) is 4. The predicted octanol–water partition coefficient (Wildman–Crippen LogP) is 3.70. The maximum atomic E-state index is 4.42. The second-order valence-corrected chi connectivity index (χ2v) is 8.20. The molecule has 2 heterocycles. The van der Waals surface area contributed by atoms with Crippen LogP contribution in [0.3, 0.4) is 0 Å². The molecule has 0 fully saturated rings. The van der Waals surface area contributed by atoms with Gasteiger partial charge in [-0.1, -0.05) is 50.6 Å². The van der Waals surface area contributed by atoms with Crippen LogP contribution in [-0.2, 0) is 24.8 Å². The summed E-state index contributed by atoms with van der Waals surface area (Å²) in [7, 11) is 1.82. The Balaban J connectivity index is 0.00000300. The molecule has 0 bridgehead atoms. The number of aromatic nitrogens is 3. The number of nitrogens with one attached hydrogen (secondary N) is 2. The minimum Gasteiger partial charge on any atom is -0.356 e. The van der Waals surface area contributed by atoms with Gasteiger partial charge < -0.3 is 15.2 Å². The van der Waals surface area contributed by atoms with E-state index in [4.69, 9.17) is 0 Å². The third-order valence-corrected chi connectivity index (χ3v) is 5.53. The van der Waals surface area contributed by atoms with Crippen molar-refractivity contribution >= 4 is 29.9 Å². The maximum Gasteiger partial charge on any atom is 0.191 e. The standard InChI is InChI=1S/C22H34N6.HI/c1-22(2,18-11-6-4-7-12-18)17-25-21(23-3)24-15-10-14-20-27-26-19-13-8-5-9-16-28(19)20;/h4,6-7,11-12H,5,8-10,13-17H2,1-3H3,(H2,23,24,25);1H. The molecule has 0 atom stereocenters. The van der Waals surface area contributed by atoms with Crippen molar-refractivity contribution in [2.45, 2.75) is 64.3 Å². The molecule has 7 heteroatoms. The summed E-state index contributed by atoms with van der Waals surface area (Å²) in [5.74, 6) is 3.15. The van der Waals surface area contributed by atoms with Gasteiger partial charge in [0.05, 0.1) is 0 Å². The average Bonchev–Trinajstić information content (AvgIpc) is 2.94. The summed E-state index contributed by atoms with van der Waals surface area (Å²) in [5.41, 5.74) is 1.36. The van der Waals surface area contributed by atoms with E-state index in [0.29, 0.717) is 0 Å². The molecule has 0 aliphatic carbocycles. The normalized spacial score (nSPS) is 14.5. The molecule has 1 aromatic heterocycles. The Hall–Kier alpha value is -1.64. The van der Waals surface area contributed by atoms with Crippen LogP contribution in [0.15, 0.2) is 35.3 Å². The summed E-state index contributed by atoms with van der Waals surface area (Å²) in [6.45, 7) is 7.27. The van der Waals surface area contributed by atoms with Crippen LogP contribution in [0.1, 0.15) is 56.7 Å². The van der Waals surface area contributed by atoms with Crippen molar-refractivity contribution in [3.63, 3.8) is 0 Å². The molecule has 0 radical (unpaired) electrons. The molecule has 29 heavy (non-hydrogen) atoms. The van der Waals surface area contributed by atoms with Gasteiger partial charge in [-0.05, 0) is 24.8 Å². The van der Waals surface area contributed by atoms with Gasteiger partial charge in [-0.2, -0.15) is 0 Å². The Morgan fingerprint density at radius 2 is 1.90 bits per heavy atom. The lowest BCUT2D eigenvalue weighted by Crippen LogP contribution is -2.43. The first-order valence-electron chi connectivity index (χ1n) is 10.5. The molecule has 6 nitrogen and oxygen atoms in total. The molecule has 3 rings (SSSR count). The first-order chi connectivity index (χ1) is 13.6. The Bertz CT molecular complexity index is 769. The smallest absolute Gasteiger partial charge is 0.191 e. The lowest BCUT2D eigenvalue weighted by atomic mass is 9.85. The number of fused-ring (bicyclic) bond motifs is 1. The fraction of sp³-hybridized carbons (Fsp3) is 0.591. The first kappa shape index (κ1) is 23.6. The van der Waals surface area contributed by atoms with E-state index in [9.17, 15) is 0 Å². The second kappa shape index (κ2) is 11.5.